The van der Waals surface area contributed by atoms with E-state index in [4.69, 9.17) is 0 Å². The summed E-state index contributed by atoms with van der Waals surface area (Å²) >= 11 is 0. The maximum Gasteiger partial charge on any atom is 0.141 e. The highest BCUT2D eigenvalue weighted by molar-refractivity contribution is 5.88. The van der Waals surface area contributed by atoms with Crippen LogP contribution in [0.2, 0.25) is 0 Å². The summed E-state index contributed by atoms with van der Waals surface area (Å²) in [6.45, 7) is 8.54. The summed E-state index contributed by atoms with van der Waals surface area (Å²) in [7, 11) is 0. The van der Waals surface area contributed by atoms with Gasteiger partial charge in [0.25, 0.3) is 0 Å². The van der Waals surface area contributed by atoms with Crippen LogP contribution in [0.25, 0.3) is 0 Å². The Hall–Kier alpha value is -0.330. The minimum Gasteiger partial charge on any atom is -0.299 e. The van der Waals surface area contributed by atoms with Crippen molar-refractivity contribution in [2.75, 3.05) is 0 Å². The largest absolute Gasteiger partial charge is 0.299 e. The first kappa shape index (κ1) is 12.7. The van der Waals surface area contributed by atoms with E-state index in [0.29, 0.717) is 11.7 Å². The maximum atomic E-state index is 11.8. The summed E-state index contributed by atoms with van der Waals surface area (Å²) in [6, 6.07) is 0. The van der Waals surface area contributed by atoms with Gasteiger partial charge in [0.2, 0.25) is 0 Å². The fraction of sp³-hybridized carbons (Fsp3) is 0.917. The van der Waals surface area contributed by atoms with Crippen molar-refractivity contribution in [1.29, 1.82) is 0 Å². The third kappa shape index (κ3) is 3.13. The van der Waals surface area contributed by atoms with Crippen LogP contribution >= 0.6 is 0 Å². The Morgan fingerprint density at radius 3 is 2.08 bits per heavy atom. The van der Waals surface area contributed by atoms with Crippen molar-refractivity contribution < 1.29 is 4.79 Å². The van der Waals surface area contributed by atoms with E-state index < -0.39 is 0 Å². The van der Waals surface area contributed by atoms with Gasteiger partial charge < -0.3 is 0 Å². The van der Waals surface area contributed by atoms with Crippen molar-refractivity contribution >= 4 is 5.78 Å². The smallest absolute Gasteiger partial charge is 0.141 e. The average Bonchev–Trinajstić information content (AvgIpc) is 2.66. The van der Waals surface area contributed by atoms with Gasteiger partial charge in [-0.25, -0.2) is 0 Å². The Morgan fingerprint density at radius 1 is 1.31 bits per heavy atom. The molecule has 1 nitrogen and oxygen atoms in total. The fourth-order valence-corrected chi connectivity index (χ4v) is 1.84. The first-order chi connectivity index (χ1) is 5.46. The second-order valence-electron chi connectivity index (χ2n) is 4.96. The van der Waals surface area contributed by atoms with E-state index in [1.54, 1.807) is 0 Å². The number of hydrogen-bond acceptors (Lipinski definition) is 1. The standard InChI is InChI=1S/C11H20O.CH4/c1-8(2)7-9(3)10(12)11(4)5-6-11;/h8-9H,5-7H2,1-4H3;1H4/t9-;/m0./s1. The summed E-state index contributed by atoms with van der Waals surface area (Å²) in [5.41, 5.74) is 0.0777. The van der Waals surface area contributed by atoms with Gasteiger partial charge in [0.1, 0.15) is 5.78 Å². The van der Waals surface area contributed by atoms with Gasteiger partial charge in [-0.1, -0.05) is 35.1 Å². The molecule has 1 fully saturated rings. The molecular formula is C12H24O. The van der Waals surface area contributed by atoms with Crippen molar-refractivity contribution in [1.82, 2.24) is 0 Å². The van der Waals surface area contributed by atoms with Crippen LogP contribution in [-0.4, -0.2) is 5.78 Å². The lowest BCUT2D eigenvalue weighted by atomic mass is 9.87. The molecule has 1 heteroatoms. The van der Waals surface area contributed by atoms with Gasteiger partial charge in [-0.2, -0.15) is 0 Å². The monoisotopic (exact) mass is 184 g/mol. The van der Waals surface area contributed by atoms with Crippen LogP contribution in [0.5, 0.6) is 0 Å². The predicted molar refractivity (Wildman–Crippen MR) is 57.7 cm³/mol. The maximum absolute atomic E-state index is 11.8. The fourth-order valence-electron chi connectivity index (χ4n) is 1.84. The number of ketones is 1. The number of rotatable bonds is 4. The summed E-state index contributed by atoms with van der Waals surface area (Å²) in [4.78, 5) is 11.8. The molecule has 0 aromatic carbocycles. The van der Waals surface area contributed by atoms with E-state index in [-0.39, 0.29) is 18.8 Å². The van der Waals surface area contributed by atoms with E-state index in [2.05, 4.69) is 27.7 Å². The number of hydrogen-bond donors (Lipinski definition) is 0. The van der Waals surface area contributed by atoms with Crippen LogP contribution in [0.4, 0.5) is 0 Å². The van der Waals surface area contributed by atoms with Gasteiger partial charge in [0, 0.05) is 11.3 Å². The van der Waals surface area contributed by atoms with Crippen LogP contribution < -0.4 is 0 Å². The van der Waals surface area contributed by atoms with Crippen molar-refractivity contribution in [2.45, 2.75) is 54.4 Å². The summed E-state index contributed by atoms with van der Waals surface area (Å²) in [5, 5.41) is 0. The first-order valence-corrected chi connectivity index (χ1v) is 5.00. The molecule has 0 N–H and O–H groups in total. The molecule has 13 heavy (non-hydrogen) atoms. The number of carbonyl (C=O) groups is 1. The van der Waals surface area contributed by atoms with Gasteiger partial charge >= 0.3 is 0 Å². The Bertz CT molecular complexity index is 178. The molecular weight excluding hydrogens is 160 g/mol. The highest BCUT2D eigenvalue weighted by Gasteiger charge is 2.45. The van der Waals surface area contributed by atoms with Gasteiger partial charge in [-0.15, -0.1) is 0 Å². The quantitative estimate of drug-likeness (QED) is 0.651. The highest BCUT2D eigenvalue weighted by atomic mass is 16.1. The molecule has 0 aromatic rings. The van der Waals surface area contributed by atoms with E-state index in [0.717, 1.165) is 19.3 Å². The van der Waals surface area contributed by atoms with Crippen LogP contribution in [-0.2, 0) is 4.79 Å². The minimum absolute atomic E-state index is 0. The van der Waals surface area contributed by atoms with Crippen molar-refractivity contribution in [3.05, 3.63) is 0 Å². The van der Waals surface area contributed by atoms with Crippen molar-refractivity contribution in [3.8, 4) is 0 Å². The van der Waals surface area contributed by atoms with Crippen LogP contribution in [0.15, 0.2) is 0 Å². The second kappa shape index (κ2) is 4.26. The topological polar surface area (TPSA) is 17.1 Å². The lowest BCUT2D eigenvalue weighted by Gasteiger charge is -2.16. The SMILES string of the molecule is C.CC(C)C[C@H](C)C(=O)C1(C)CC1. The van der Waals surface area contributed by atoms with Crippen LogP contribution in [0.3, 0.4) is 0 Å². The van der Waals surface area contributed by atoms with E-state index >= 15 is 0 Å². The number of carbonyl (C=O) groups excluding carboxylic acids is 1. The molecule has 0 spiro atoms. The minimum atomic E-state index is 0. The molecule has 0 unspecified atom stereocenters. The van der Waals surface area contributed by atoms with E-state index in [1.807, 2.05) is 0 Å². The zero-order valence-corrected chi connectivity index (χ0v) is 8.68. The van der Waals surface area contributed by atoms with Crippen LogP contribution in [0.1, 0.15) is 54.4 Å². The molecule has 0 amide bonds. The molecule has 0 bridgehead atoms. The predicted octanol–water partition coefficient (Wildman–Crippen LogP) is 3.67. The lowest BCUT2D eigenvalue weighted by Crippen LogP contribution is -2.21. The third-order valence-electron chi connectivity index (χ3n) is 2.87. The Kier molecular flexibility index (Phi) is 4.15. The lowest BCUT2D eigenvalue weighted by molar-refractivity contribution is -0.127. The summed E-state index contributed by atoms with van der Waals surface area (Å²) < 4.78 is 0. The molecule has 1 saturated carbocycles. The molecule has 0 radical (unpaired) electrons. The highest BCUT2D eigenvalue weighted by Crippen LogP contribution is 2.48. The van der Waals surface area contributed by atoms with Crippen LogP contribution in [0, 0.1) is 17.3 Å². The van der Waals surface area contributed by atoms with Gasteiger partial charge in [-0.05, 0) is 25.2 Å². The zero-order valence-electron chi connectivity index (χ0n) is 8.68. The molecule has 1 aliphatic rings. The van der Waals surface area contributed by atoms with Gasteiger partial charge in [0.05, 0.1) is 0 Å². The molecule has 1 rings (SSSR count). The number of Topliss-reactive ketones (excluding diaryl/α,β-unsaturated/α-hetero) is 1. The Morgan fingerprint density at radius 2 is 1.77 bits per heavy atom. The van der Waals surface area contributed by atoms with Gasteiger partial charge in [-0.3, -0.25) is 4.79 Å². The Labute approximate surface area is 82.9 Å². The normalized spacial score (nSPS) is 20.7. The molecule has 78 valence electrons. The molecule has 1 aliphatic carbocycles. The molecule has 0 aliphatic heterocycles. The molecule has 0 heterocycles. The van der Waals surface area contributed by atoms with E-state index in [9.17, 15) is 4.79 Å². The van der Waals surface area contributed by atoms with Gasteiger partial charge in [0.15, 0.2) is 0 Å². The molecule has 1 atom stereocenters. The summed E-state index contributed by atoms with van der Waals surface area (Å²) in [5.74, 6) is 1.42. The van der Waals surface area contributed by atoms with Crippen molar-refractivity contribution in [3.63, 3.8) is 0 Å². The molecule has 0 aromatic heterocycles. The summed E-state index contributed by atoms with van der Waals surface area (Å²) in [6.07, 6.45) is 3.29. The molecule has 0 saturated heterocycles. The van der Waals surface area contributed by atoms with Crippen molar-refractivity contribution in [2.24, 2.45) is 17.3 Å². The van der Waals surface area contributed by atoms with E-state index in [1.165, 1.54) is 0 Å². The first-order valence-electron chi connectivity index (χ1n) is 5.00. The second-order valence-corrected chi connectivity index (χ2v) is 4.96. The third-order valence-corrected chi connectivity index (χ3v) is 2.87. The Balaban J connectivity index is 0.00000144. The average molecular weight is 184 g/mol. The zero-order chi connectivity index (χ0) is 9.35.